The highest BCUT2D eigenvalue weighted by molar-refractivity contribution is 7.14. The summed E-state index contributed by atoms with van der Waals surface area (Å²) < 4.78 is 13.0. The normalized spacial score (nSPS) is 15.6. The number of likely N-dealkylation sites (tertiary alicyclic amines) is 1. The van der Waals surface area contributed by atoms with Gasteiger partial charge in [-0.25, -0.2) is 9.37 Å². The molecule has 2 heterocycles. The molecule has 0 bridgehead atoms. The molecule has 1 aromatic heterocycles. The van der Waals surface area contributed by atoms with Crippen LogP contribution in [0.25, 0.3) is 0 Å². The lowest BCUT2D eigenvalue weighted by Crippen LogP contribution is -2.29. The number of benzene rings is 1. The number of hydrogen-bond acceptors (Lipinski definition) is 4. The molecule has 1 aliphatic heterocycles. The quantitative estimate of drug-likeness (QED) is 0.897. The molecule has 1 amide bonds. The molecule has 1 aromatic carbocycles. The first kappa shape index (κ1) is 16.4. The number of anilines is 1. The number of rotatable bonds is 4. The predicted octanol–water partition coefficient (Wildman–Crippen LogP) is 4.17. The van der Waals surface area contributed by atoms with Gasteiger partial charge in [0.2, 0.25) is 0 Å². The van der Waals surface area contributed by atoms with E-state index in [1.54, 1.807) is 0 Å². The van der Waals surface area contributed by atoms with Gasteiger partial charge in [0.1, 0.15) is 5.82 Å². The van der Waals surface area contributed by atoms with Crippen molar-refractivity contribution in [2.24, 2.45) is 0 Å². The Labute approximate surface area is 143 Å². The second-order valence-electron chi connectivity index (χ2n) is 5.56. The van der Waals surface area contributed by atoms with Gasteiger partial charge in [-0.05, 0) is 44.1 Å². The molecule has 1 aliphatic rings. The Bertz CT molecular complexity index is 700. The van der Waals surface area contributed by atoms with Crippen LogP contribution in [-0.2, 0) is 6.54 Å². The summed E-state index contributed by atoms with van der Waals surface area (Å²) in [6.45, 7) is 3.01. The number of halogens is 2. The largest absolute Gasteiger partial charge is 0.298 e. The lowest BCUT2D eigenvalue weighted by atomic mass is 10.1. The maximum Gasteiger partial charge on any atom is 0.258 e. The fraction of sp³-hybridized carbons (Fsp3) is 0.375. The molecule has 0 aliphatic carbocycles. The number of carbonyl (C=O) groups excluding carboxylic acids is 1. The number of amides is 1. The molecule has 1 fully saturated rings. The van der Waals surface area contributed by atoms with E-state index in [2.05, 4.69) is 15.2 Å². The Morgan fingerprint density at radius 1 is 1.35 bits per heavy atom. The molecule has 1 saturated heterocycles. The van der Waals surface area contributed by atoms with Crippen molar-refractivity contribution >= 4 is 34.0 Å². The van der Waals surface area contributed by atoms with Gasteiger partial charge in [-0.2, -0.15) is 0 Å². The third kappa shape index (κ3) is 4.28. The fourth-order valence-corrected chi connectivity index (χ4v) is 3.57. The maximum absolute atomic E-state index is 13.0. The summed E-state index contributed by atoms with van der Waals surface area (Å²) in [5.74, 6) is -0.849. The van der Waals surface area contributed by atoms with Crippen LogP contribution in [0.15, 0.2) is 23.6 Å². The summed E-state index contributed by atoms with van der Waals surface area (Å²) in [6, 6.07) is 3.71. The van der Waals surface area contributed by atoms with Crippen LogP contribution >= 0.6 is 22.9 Å². The number of hydrogen-bond donors (Lipinski definition) is 1. The van der Waals surface area contributed by atoms with Crippen molar-refractivity contribution in [1.82, 2.24) is 9.88 Å². The van der Waals surface area contributed by atoms with Gasteiger partial charge < -0.3 is 0 Å². The molecule has 122 valence electrons. The molecular formula is C16H17ClFN3OS. The SMILES string of the molecule is O=C(Nc1nc(CN2CCCCC2)cs1)c1ccc(F)cc1Cl. The number of aromatic nitrogens is 1. The van der Waals surface area contributed by atoms with E-state index < -0.39 is 5.82 Å². The van der Waals surface area contributed by atoms with E-state index in [1.807, 2.05) is 5.38 Å². The topological polar surface area (TPSA) is 45.2 Å². The Morgan fingerprint density at radius 2 is 2.13 bits per heavy atom. The van der Waals surface area contributed by atoms with E-state index >= 15 is 0 Å². The van der Waals surface area contributed by atoms with Crippen LogP contribution in [-0.4, -0.2) is 28.9 Å². The summed E-state index contributed by atoms with van der Waals surface area (Å²) >= 11 is 7.28. The zero-order valence-electron chi connectivity index (χ0n) is 12.5. The van der Waals surface area contributed by atoms with Crippen LogP contribution in [0, 0.1) is 5.82 Å². The average Bonchev–Trinajstić information content (AvgIpc) is 2.95. The fourth-order valence-electron chi connectivity index (χ4n) is 2.62. The number of carbonyl (C=O) groups is 1. The van der Waals surface area contributed by atoms with Crippen molar-refractivity contribution in [3.8, 4) is 0 Å². The second kappa shape index (κ2) is 7.38. The minimum atomic E-state index is -0.468. The van der Waals surface area contributed by atoms with Crippen LogP contribution in [0.2, 0.25) is 5.02 Å². The molecule has 3 rings (SSSR count). The summed E-state index contributed by atoms with van der Waals surface area (Å²) in [6.07, 6.45) is 3.76. The number of piperidine rings is 1. The molecular weight excluding hydrogens is 337 g/mol. The van der Waals surface area contributed by atoms with Gasteiger partial charge in [-0.3, -0.25) is 15.0 Å². The molecule has 2 aromatic rings. The van der Waals surface area contributed by atoms with E-state index in [9.17, 15) is 9.18 Å². The standard InChI is InChI=1S/C16H17ClFN3OS/c17-14-8-11(18)4-5-13(14)15(22)20-16-19-12(10-23-16)9-21-6-2-1-3-7-21/h4-5,8,10H,1-3,6-7,9H2,(H,19,20,22). The first-order valence-electron chi connectivity index (χ1n) is 7.55. The molecule has 0 radical (unpaired) electrons. The molecule has 0 unspecified atom stereocenters. The van der Waals surface area contributed by atoms with Crippen LogP contribution in [0.4, 0.5) is 9.52 Å². The zero-order chi connectivity index (χ0) is 16.2. The van der Waals surface area contributed by atoms with Crippen molar-refractivity contribution < 1.29 is 9.18 Å². The van der Waals surface area contributed by atoms with Gasteiger partial charge in [0.15, 0.2) is 5.13 Å². The molecule has 0 atom stereocenters. The average molecular weight is 354 g/mol. The molecule has 7 heteroatoms. The first-order chi connectivity index (χ1) is 11.1. The molecule has 0 spiro atoms. The minimum Gasteiger partial charge on any atom is -0.298 e. The highest BCUT2D eigenvalue weighted by Gasteiger charge is 2.15. The van der Waals surface area contributed by atoms with Gasteiger partial charge in [0, 0.05) is 11.9 Å². The third-order valence-corrected chi connectivity index (χ3v) is 4.90. The summed E-state index contributed by atoms with van der Waals surface area (Å²) in [4.78, 5) is 19.0. The van der Waals surface area contributed by atoms with E-state index in [0.29, 0.717) is 5.13 Å². The van der Waals surface area contributed by atoms with Gasteiger partial charge in [-0.15, -0.1) is 11.3 Å². The van der Waals surface area contributed by atoms with E-state index in [4.69, 9.17) is 11.6 Å². The monoisotopic (exact) mass is 353 g/mol. The van der Waals surface area contributed by atoms with E-state index in [1.165, 1.54) is 42.7 Å². The Hall–Kier alpha value is -1.50. The van der Waals surface area contributed by atoms with Crippen LogP contribution in [0.5, 0.6) is 0 Å². The van der Waals surface area contributed by atoms with Gasteiger partial charge in [0.25, 0.3) is 5.91 Å². The summed E-state index contributed by atoms with van der Waals surface area (Å²) in [5, 5.41) is 5.29. The van der Waals surface area contributed by atoms with Crippen molar-refractivity contribution in [2.45, 2.75) is 25.8 Å². The van der Waals surface area contributed by atoms with E-state index in [-0.39, 0.29) is 16.5 Å². The Kier molecular flexibility index (Phi) is 5.25. The molecule has 4 nitrogen and oxygen atoms in total. The lowest BCUT2D eigenvalue weighted by Gasteiger charge is -2.25. The maximum atomic E-state index is 13.0. The number of thiazole rings is 1. The predicted molar refractivity (Wildman–Crippen MR) is 90.6 cm³/mol. The Balaban J connectivity index is 1.62. The van der Waals surface area contributed by atoms with Crippen LogP contribution < -0.4 is 5.32 Å². The molecule has 1 N–H and O–H groups in total. The van der Waals surface area contributed by atoms with Crippen molar-refractivity contribution in [1.29, 1.82) is 0 Å². The minimum absolute atomic E-state index is 0.0904. The number of nitrogens with zero attached hydrogens (tertiary/aromatic N) is 2. The smallest absolute Gasteiger partial charge is 0.258 e. The highest BCUT2D eigenvalue weighted by atomic mass is 35.5. The van der Waals surface area contributed by atoms with Crippen molar-refractivity contribution in [3.05, 3.63) is 45.7 Å². The highest BCUT2D eigenvalue weighted by Crippen LogP contribution is 2.22. The van der Waals surface area contributed by atoms with Gasteiger partial charge in [-0.1, -0.05) is 18.0 Å². The van der Waals surface area contributed by atoms with Crippen LogP contribution in [0.3, 0.4) is 0 Å². The summed E-state index contributed by atoms with van der Waals surface area (Å²) in [5.41, 5.74) is 1.19. The second-order valence-corrected chi connectivity index (χ2v) is 6.82. The van der Waals surface area contributed by atoms with E-state index in [0.717, 1.165) is 31.4 Å². The van der Waals surface area contributed by atoms with Crippen molar-refractivity contribution in [2.75, 3.05) is 18.4 Å². The molecule has 23 heavy (non-hydrogen) atoms. The lowest BCUT2D eigenvalue weighted by molar-refractivity contribution is 0.102. The van der Waals surface area contributed by atoms with Crippen LogP contribution in [0.1, 0.15) is 35.3 Å². The Morgan fingerprint density at radius 3 is 2.87 bits per heavy atom. The molecule has 0 saturated carbocycles. The van der Waals surface area contributed by atoms with Crippen molar-refractivity contribution in [3.63, 3.8) is 0 Å². The summed E-state index contributed by atoms with van der Waals surface area (Å²) in [7, 11) is 0. The van der Waals surface area contributed by atoms with Gasteiger partial charge in [0.05, 0.1) is 16.3 Å². The number of nitrogens with one attached hydrogen (secondary N) is 1. The third-order valence-electron chi connectivity index (χ3n) is 3.78. The zero-order valence-corrected chi connectivity index (χ0v) is 14.1. The first-order valence-corrected chi connectivity index (χ1v) is 8.81. The van der Waals surface area contributed by atoms with Gasteiger partial charge >= 0.3 is 0 Å².